The summed E-state index contributed by atoms with van der Waals surface area (Å²) in [6, 6.07) is 6.97. The molecule has 0 fully saturated rings. The number of esters is 2. The van der Waals surface area contributed by atoms with Crippen molar-refractivity contribution in [3.05, 3.63) is 56.3 Å². The van der Waals surface area contributed by atoms with Gasteiger partial charge in [0.05, 0.1) is 39.6 Å². The van der Waals surface area contributed by atoms with Crippen LogP contribution in [-0.4, -0.2) is 37.2 Å². The van der Waals surface area contributed by atoms with Crippen LogP contribution < -0.4 is 5.32 Å². The van der Waals surface area contributed by atoms with E-state index in [1.165, 1.54) is 0 Å². The summed E-state index contributed by atoms with van der Waals surface area (Å²) in [7, 11) is 0. The largest absolute Gasteiger partial charge is 0.461 e. The second-order valence-corrected chi connectivity index (χ2v) is 8.22. The molecule has 1 aliphatic heterocycles. The minimum atomic E-state index is -0.825. The van der Waals surface area contributed by atoms with Crippen molar-refractivity contribution in [3.8, 4) is 6.07 Å². The number of ether oxygens (including phenoxy) is 2. The summed E-state index contributed by atoms with van der Waals surface area (Å²) in [6.07, 6.45) is 1.98. The molecule has 0 amide bonds. The molecule has 6 nitrogen and oxygen atoms in total. The van der Waals surface area contributed by atoms with Crippen LogP contribution in [-0.2, 0) is 19.1 Å². The van der Waals surface area contributed by atoms with Crippen molar-refractivity contribution in [1.29, 1.82) is 5.26 Å². The number of dihydropyridines is 1. The highest BCUT2D eigenvalue weighted by atomic mass is 35.5. The molecule has 1 aromatic carbocycles. The van der Waals surface area contributed by atoms with Gasteiger partial charge in [-0.1, -0.05) is 35.3 Å². The molecular formula is C21H22Cl2N2O4S. The number of carbonyl (C=O) groups excluding carboxylic acids is 2. The van der Waals surface area contributed by atoms with Crippen molar-refractivity contribution >= 4 is 46.9 Å². The summed E-state index contributed by atoms with van der Waals surface area (Å²) in [5, 5.41) is 12.3. The van der Waals surface area contributed by atoms with E-state index in [0.717, 1.165) is 0 Å². The maximum Gasteiger partial charge on any atom is 0.336 e. The van der Waals surface area contributed by atoms with Gasteiger partial charge in [0.2, 0.25) is 0 Å². The first-order valence-electron chi connectivity index (χ1n) is 9.16. The van der Waals surface area contributed by atoms with Gasteiger partial charge in [-0.25, -0.2) is 9.59 Å². The van der Waals surface area contributed by atoms with Crippen molar-refractivity contribution in [3.63, 3.8) is 0 Å². The predicted molar refractivity (Wildman–Crippen MR) is 118 cm³/mol. The third kappa shape index (κ3) is 5.51. The van der Waals surface area contributed by atoms with E-state index >= 15 is 0 Å². The summed E-state index contributed by atoms with van der Waals surface area (Å²) in [5.41, 5.74) is 2.05. The molecule has 0 saturated carbocycles. The zero-order valence-corrected chi connectivity index (χ0v) is 19.2. The van der Waals surface area contributed by atoms with Crippen molar-refractivity contribution in [1.82, 2.24) is 5.32 Å². The van der Waals surface area contributed by atoms with Crippen LogP contribution in [0.25, 0.3) is 0 Å². The number of thioether (sulfide) groups is 1. The predicted octanol–water partition coefficient (Wildman–Crippen LogP) is 4.59. The van der Waals surface area contributed by atoms with Crippen LogP contribution in [0.4, 0.5) is 0 Å². The molecule has 1 unspecified atom stereocenters. The van der Waals surface area contributed by atoms with Gasteiger partial charge in [-0.3, -0.25) is 0 Å². The van der Waals surface area contributed by atoms with E-state index in [0.29, 0.717) is 27.7 Å². The van der Waals surface area contributed by atoms with Gasteiger partial charge >= 0.3 is 11.9 Å². The molecule has 0 radical (unpaired) electrons. The Hall–Kier alpha value is -2.14. The van der Waals surface area contributed by atoms with Crippen LogP contribution >= 0.6 is 35.0 Å². The number of allylic oxidation sites excluding steroid dienone is 2. The third-order valence-electron chi connectivity index (χ3n) is 4.46. The fourth-order valence-electron chi connectivity index (χ4n) is 3.15. The number of benzene rings is 1. The lowest BCUT2D eigenvalue weighted by Crippen LogP contribution is -2.33. The maximum atomic E-state index is 13.0. The van der Waals surface area contributed by atoms with Crippen molar-refractivity contribution in [2.45, 2.75) is 26.2 Å². The van der Waals surface area contributed by atoms with Crippen LogP contribution in [0.2, 0.25) is 10.0 Å². The van der Waals surface area contributed by atoms with Crippen molar-refractivity contribution in [2.75, 3.05) is 25.2 Å². The number of rotatable bonds is 8. The number of carbonyl (C=O) groups is 2. The Morgan fingerprint density at radius 3 is 2.30 bits per heavy atom. The van der Waals surface area contributed by atoms with Crippen LogP contribution in [0, 0.1) is 11.3 Å². The summed E-state index contributed by atoms with van der Waals surface area (Å²) >= 11 is 14.2. The first kappa shape index (κ1) is 24.1. The number of nitrogens with zero attached hydrogens (tertiary/aromatic N) is 1. The topological polar surface area (TPSA) is 88.4 Å². The Bertz CT molecular complexity index is 937. The van der Waals surface area contributed by atoms with Gasteiger partial charge in [-0.2, -0.15) is 17.0 Å². The molecule has 9 heteroatoms. The normalized spacial score (nSPS) is 16.1. The zero-order valence-electron chi connectivity index (χ0n) is 16.9. The fraction of sp³-hybridized carbons (Fsp3) is 0.381. The molecule has 1 heterocycles. The van der Waals surface area contributed by atoms with Gasteiger partial charge in [0.25, 0.3) is 0 Å². The van der Waals surface area contributed by atoms with E-state index in [4.69, 9.17) is 37.9 Å². The van der Waals surface area contributed by atoms with Crippen LogP contribution in [0.5, 0.6) is 0 Å². The smallest absolute Gasteiger partial charge is 0.336 e. The van der Waals surface area contributed by atoms with E-state index < -0.39 is 17.9 Å². The highest BCUT2D eigenvalue weighted by Gasteiger charge is 2.39. The molecule has 1 N–H and O–H groups in total. The van der Waals surface area contributed by atoms with Gasteiger partial charge in [0.15, 0.2) is 0 Å². The van der Waals surface area contributed by atoms with E-state index in [1.807, 2.05) is 12.3 Å². The van der Waals surface area contributed by atoms with Gasteiger partial charge in [-0.15, -0.1) is 0 Å². The number of hydrogen-bond donors (Lipinski definition) is 1. The molecule has 160 valence electrons. The molecule has 0 saturated heterocycles. The molecule has 0 aliphatic carbocycles. The van der Waals surface area contributed by atoms with Gasteiger partial charge in [0, 0.05) is 17.1 Å². The van der Waals surface area contributed by atoms with Crippen LogP contribution in [0.15, 0.2) is 40.7 Å². The van der Waals surface area contributed by atoms with Crippen molar-refractivity contribution < 1.29 is 19.1 Å². The SMILES string of the molecule is CSCCOC(=O)C1=C(C)NC(C)=C(C(=O)OCCC#N)C1c1cccc(Cl)c1Cl. The minimum absolute atomic E-state index is 0.0572. The van der Waals surface area contributed by atoms with Crippen LogP contribution in [0.1, 0.15) is 31.7 Å². The van der Waals surface area contributed by atoms with E-state index in [1.54, 1.807) is 43.8 Å². The number of nitriles is 1. The molecule has 0 bridgehead atoms. The minimum Gasteiger partial charge on any atom is -0.461 e. The summed E-state index contributed by atoms with van der Waals surface area (Å²) < 4.78 is 10.7. The Kier molecular flexibility index (Phi) is 9.09. The monoisotopic (exact) mass is 468 g/mol. The number of nitrogens with one attached hydrogen (secondary N) is 1. The summed E-state index contributed by atoms with van der Waals surface area (Å²) in [5.74, 6) is -1.37. The molecule has 1 atom stereocenters. The first-order chi connectivity index (χ1) is 14.3. The second-order valence-electron chi connectivity index (χ2n) is 6.45. The highest BCUT2D eigenvalue weighted by molar-refractivity contribution is 7.98. The molecule has 1 aromatic rings. The third-order valence-corrected chi connectivity index (χ3v) is 5.87. The van der Waals surface area contributed by atoms with Gasteiger partial charge < -0.3 is 14.8 Å². The van der Waals surface area contributed by atoms with Gasteiger partial charge in [-0.05, 0) is 31.7 Å². The molecule has 2 rings (SSSR count). The van der Waals surface area contributed by atoms with Crippen molar-refractivity contribution in [2.24, 2.45) is 0 Å². The molecule has 0 spiro atoms. The fourth-order valence-corrected chi connectivity index (χ4v) is 3.82. The maximum absolute atomic E-state index is 13.0. The molecule has 0 aromatic heterocycles. The summed E-state index contributed by atoms with van der Waals surface area (Å²) in [6.45, 7) is 3.62. The number of hydrogen-bond acceptors (Lipinski definition) is 7. The zero-order chi connectivity index (χ0) is 22.3. The standard InChI is InChI=1S/C21H22Cl2N2O4S/c1-12-16(20(26)28-9-5-8-24)18(14-6-4-7-15(22)19(14)23)17(13(2)25-12)21(27)29-10-11-30-3/h4,6-7,18,25H,5,9-11H2,1-3H3. The second kappa shape index (κ2) is 11.3. The Morgan fingerprint density at radius 1 is 1.13 bits per heavy atom. The lowest BCUT2D eigenvalue weighted by atomic mass is 9.80. The summed E-state index contributed by atoms with van der Waals surface area (Å²) in [4.78, 5) is 25.9. The van der Waals surface area contributed by atoms with Gasteiger partial charge in [0.1, 0.15) is 13.2 Å². The van der Waals surface area contributed by atoms with E-state index in [-0.39, 0.29) is 35.8 Å². The van der Waals surface area contributed by atoms with E-state index in [2.05, 4.69) is 5.32 Å². The number of halogens is 2. The average molecular weight is 469 g/mol. The Balaban J connectivity index is 2.56. The highest BCUT2D eigenvalue weighted by Crippen LogP contribution is 2.43. The van der Waals surface area contributed by atoms with Crippen LogP contribution in [0.3, 0.4) is 0 Å². The molecule has 1 aliphatic rings. The first-order valence-corrected chi connectivity index (χ1v) is 11.3. The molecule has 30 heavy (non-hydrogen) atoms. The molecular weight excluding hydrogens is 447 g/mol. The van der Waals surface area contributed by atoms with E-state index in [9.17, 15) is 9.59 Å². The Morgan fingerprint density at radius 2 is 1.73 bits per heavy atom. The lowest BCUT2D eigenvalue weighted by Gasteiger charge is -2.31. The lowest BCUT2D eigenvalue weighted by molar-refractivity contribution is -0.139. The average Bonchev–Trinajstić information content (AvgIpc) is 2.69. The quantitative estimate of drug-likeness (QED) is 0.440. The Labute approximate surface area is 190 Å².